The fourth-order valence-electron chi connectivity index (χ4n) is 3.19. The maximum atomic E-state index is 12.3. The zero-order chi connectivity index (χ0) is 15.3. The van der Waals surface area contributed by atoms with Crippen molar-refractivity contribution in [1.29, 1.82) is 0 Å². The third kappa shape index (κ3) is 5.21. The fourth-order valence-corrected chi connectivity index (χ4v) is 3.66. The summed E-state index contributed by atoms with van der Waals surface area (Å²) < 4.78 is 24.3. The van der Waals surface area contributed by atoms with Crippen molar-refractivity contribution in [3.63, 3.8) is 0 Å². The molecule has 2 saturated heterocycles. The number of sulfonamides is 1. The van der Waals surface area contributed by atoms with Crippen LogP contribution in [0.1, 0.15) is 25.7 Å². The third-order valence-electron chi connectivity index (χ3n) is 4.16. The number of nitrogens with one attached hydrogen (secondary N) is 3. The number of likely N-dealkylation sites (tertiary alicyclic amines) is 1. The van der Waals surface area contributed by atoms with E-state index in [9.17, 15) is 13.2 Å². The SMILES string of the molecule is CS(=O)(=O)NCCNC(=O)C1CCCN1C1CCNCC1. The van der Waals surface area contributed by atoms with Crippen LogP contribution in [0.2, 0.25) is 0 Å². The van der Waals surface area contributed by atoms with Gasteiger partial charge in [0.2, 0.25) is 15.9 Å². The molecule has 2 aliphatic heterocycles. The van der Waals surface area contributed by atoms with Gasteiger partial charge in [-0.05, 0) is 45.3 Å². The normalized spacial score (nSPS) is 25.1. The summed E-state index contributed by atoms with van der Waals surface area (Å²) in [6.07, 6.45) is 5.27. The molecule has 3 N–H and O–H groups in total. The van der Waals surface area contributed by atoms with Gasteiger partial charge in [0, 0.05) is 19.1 Å². The predicted octanol–water partition coefficient (Wildman–Crippen LogP) is -1.13. The fraction of sp³-hybridized carbons (Fsp3) is 0.923. The van der Waals surface area contributed by atoms with Gasteiger partial charge < -0.3 is 10.6 Å². The molecular weight excluding hydrogens is 292 g/mol. The minimum absolute atomic E-state index is 0.0290. The molecule has 1 unspecified atom stereocenters. The number of rotatable bonds is 6. The molecule has 0 aliphatic carbocycles. The molecule has 0 radical (unpaired) electrons. The van der Waals surface area contributed by atoms with Crippen LogP contribution in [0.3, 0.4) is 0 Å². The minimum Gasteiger partial charge on any atom is -0.353 e. The second kappa shape index (κ2) is 7.53. The Bertz CT molecular complexity index is 448. The molecule has 0 aromatic heterocycles. The van der Waals surface area contributed by atoms with Crippen LogP contribution in [-0.4, -0.2) is 70.3 Å². The molecule has 2 heterocycles. The number of hydrogen-bond donors (Lipinski definition) is 3. The molecule has 2 fully saturated rings. The quantitative estimate of drug-likeness (QED) is 0.539. The molecule has 7 nitrogen and oxygen atoms in total. The summed E-state index contributed by atoms with van der Waals surface area (Å²) in [5.74, 6) is 0.0290. The van der Waals surface area contributed by atoms with E-state index in [2.05, 4.69) is 20.3 Å². The molecule has 0 aromatic carbocycles. The van der Waals surface area contributed by atoms with Crippen LogP contribution in [0.4, 0.5) is 0 Å². The monoisotopic (exact) mass is 318 g/mol. The van der Waals surface area contributed by atoms with Crippen molar-refractivity contribution in [1.82, 2.24) is 20.3 Å². The van der Waals surface area contributed by atoms with Crippen molar-refractivity contribution in [3.05, 3.63) is 0 Å². The maximum Gasteiger partial charge on any atom is 0.237 e. The van der Waals surface area contributed by atoms with E-state index in [0.29, 0.717) is 12.6 Å². The Morgan fingerprint density at radius 1 is 1.24 bits per heavy atom. The van der Waals surface area contributed by atoms with E-state index in [0.717, 1.165) is 51.6 Å². The summed E-state index contributed by atoms with van der Waals surface area (Å²) in [5, 5.41) is 6.19. The summed E-state index contributed by atoms with van der Waals surface area (Å²) in [4.78, 5) is 14.6. The smallest absolute Gasteiger partial charge is 0.237 e. The number of hydrogen-bond acceptors (Lipinski definition) is 5. The molecule has 1 amide bonds. The molecule has 21 heavy (non-hydrogen) atoms. The van der Waals surface area contributed by atoms with Gasteiger partial charge in [-0.15, -0.1) is 0 Å². The van der Waals surface area contributed by atoms with Crippen LogP contribution < -0.4 is 15.4 Å². The van der Waals surface area contributed by atoms with Crippen molar-refractivity contribution < 1.29 is 13.2 Å². The molecule has 2 rings (SSSR count). The van der Waals surface area contributed by atoms with Gasteiger partial charge >= 0.3 is 0 Å². The van der Waals surface area contributed by atoms with E-state index < -0.39 is 10.0 Å². The predicted molar refractivity (Wildman–Crippen MR) is 81.5 cm³/mol. The van der Waals surface area contributed by atoms with Gasteiger partial charge in [0.15, 0.2) is 0 Å². The number of amides is 1. The number of piperidine rings is 1. The molecule has 0 bridgehead atoms. The summed E-state index contributed by atoms with van der Waals surface area (Å²) in [6, 6.07) is 0.449. The first kappa shape index (κ1) is 16.7. The van der Waals surface area contributed by atoms with Crippen molar-refractivity contribution in [2.45, 2.75) is 37.8 Å². The summed E-state index contributed by atoms with van der Waals surface area (Å²) in [7, 11) is -3.19. The molecule has 0 saturated carbocycles. The Balaban J connectivity index is 1.77. The van der Waals surface area contributed by atoms with Crippen LogP contribution in [0, 0.1) is 0 Å². The lowest BCUT2D eigenvalue weighted by Gasteiger charge is -2.35. The molecule has 122 valence electrons. The number of carbonyl (C=O) groups excluding carboxylic acids is 1. The Morgan fingerprint density at radius 2 is 1.95 bits per heavy atom. The lowest BCUT2D eigenvalue weighted by atomic mass is 10.0. The summed E-state index contributed by atoms with van der Waals surface area (Å²) >= 11 is 0. The van der Waals surface area contributed by atoms with Crippen molar-refractivity contribution >= 4 is 15.9 Å². The molecule has 0 aromatic rings. The highest BCUT2D eigenvalue weighted by Gasteiger charge is 2.35. The second-order valence-corrected chi connectivity index (χ2v) is 7.67. The molecular formula is C13H26N4O3S. The highest BCUT2D eigenvalue weighted by Crippen LogP contribution is 2.24. The van der Waals surface area contributed by atoms with Gasteiger partial charge in [-0.2, -0.15) is 0 Å². The molecule has 0 spiro atoms. The van der Waals surface area contributed by atoms with Crippen LogP contribution >= 0.6 is 0 Å². The Morgan fingerprint density at radius 3 is 2.62 bits per heavy atom. The van der Waals surface area contributed by atoms with Gasteiger partial charge in [-0.1, -0.05) is 0 Å². The van der Waals surface area contributed by atoms with Gasteiger partial charge in [0.1, 0.15) is 0 Å². The average Bonchev–Trinajstić information content (AvgIpc) is 2.93. The van der Waals surface area contributed by atoms with E-state index in [4.69, 9.17) is 0 Å². The van der Waals surface area contributed by atoms with E-state index in [1.165, 1.54) is 0 Å². The van der Waals surface area contributed by atoms with Crippen LogP contribution in [0.25, 0.3) is 0 Å². The van der Waals surface area contributed by atoms with E-state index in [1.54, 1.807) is 0 Å². The zero-order valence-electron chi connectivity index (χ0n) is 12.6. The zero-order valence-corrected chi connectivity index (χ0v) is 13.4. The number of nitrogens with zero attached hydrogens (tertiary/aromatic N) is 1. The molecule has 1 atom stereocenters. The summed E-state index contributed by atoms with van der Waals surface area (Å²) in [6.45, 7) is 3.61. The number of carbonyl (C=O) groups is 1. The average molecular weight is 318 g/mol. The van der Waals surface area contributed by atoms with Gasteiger partial charge in [-0.25, -0.2) is 13.1 Å². The van der Waals surface area contributed by atoms with E-state index in [1.807, 2.05) is 0 Å². The lowest BCUT2D eigenvalue weighted by Crippen LogP contribution is -2.51. The topological polar surface area (TPSA) is 90.5 Å². The van der Waals surface area contributed by atoms with Crippen molar-refractivity contribution in [2.75, 3.05) is 39.0 Å². The summed E-state index contributed by atoms with van der Waals surface area (Å²) in [5.41, 5.74) is 0. The van der Waals surface area contributed by atoms with Crippen LogP contribution in [-0.2, 0) is 14.8 Å². The van der Waals surface area contributed by atoms with Gasteiger partial charge in [0.25, 0.3) is 0 Å². The minimum atomic E-state index is -3.19. The first-order valence-electron chi connectivity index (χ1n) is 7.66. The highest BCUT2D eigenvalue weighted by atomic mass is 32.2. The molecule has 2 aliphatic rings. The van der Waals surface area contributed by atoms with Crippen molar-refractivity contribution in [3.8, 4) is 0 Å². The lowest BCUT2D eigenvalue weighted by molar-refractivity contribution is -0.126. The Labute approximate surface area is 126 Å². The van der Waals surface area contributed by atoms with Gasteiger partial charge in [0.05, 0.1) is 12.3 Å². The Hall–Kier alpha value is -0.700. The van der Waals surface area contributed by atoms with E-state index in [-0.39, 0.29) is 18.5 Å². The van der Waals surface area contributed by atoms with E-state index >= 15 is 0 Å². The van der Waals surface area contributed by atoms with Crippen LogP contribution in [0.5, 0.6) is 0 Å². The maximum absolute atomic E-state index is 12.3. The standard InChI is InChI=1S/C13H26N4O3S/c1-21(19,20)16-9-8-15-13(18)12-3-2-10-17(12)11-4-6-14-7-5-11/h11-12,14,16H,2-10H2,1H3,(H,15,18). The molecule has 8 heteroatoms. The first-order chi connectivity index (χ1) is 9.97. The largest absolute Gasteiger partial charge is 0.353 e. The first-order valence-corrected chi connectivity index (χ1v) is 9.55. The van der Waals surface area contributed by atoms with Crippen molar-refractivity contribution in [2.24, 2.45) is 0 Å². The highest BCUT2D eigenvalue weighted by molar-refractivity contribution is 7.88. The second-order valence-electron chi connectivity index (χ2n) is 5.83. The Kier molecular flexibility index (Phi) is 5.98. The van der Waals surface area contributed by atoms with Gasteiger partial charge in [-0.3, -0.25) is 9.69 Å². The van der Waals surface area contributed by atoms with Crippen LogP contribution in [0.15, 0.2) is 0 Å². The third-order valence-corrected chi connectivity index (χ3v) is 4.89.